The molecule has 6 nitrogen and oxygen atoms in total. The molecular weight excluding hydrogens is 405 g/mol. The first kappa shape index (κ1) is 22.0. The summed E-state index contributed by atoms with van der Waals surface area (Å²) in [4.78, 5) is 12.7. The second kappa shape index (κ2) is 9.09. The van der Waals surface area contributed by atoms with Gasteiger partial charge in [0, 0.05) is 37.0 Å². The molecule has 2 fully saturated rings. The molecule has 4 unspecified atom stereocenters. The van der Waals surface area contributed by atoms with E-state index < -0.39 is 11.9 Å². The molecule has 1 aliphatic heterocycles. The third-order valence-electron chi connectivity index (χ3n) is 6.83. The monoisotopic (exact) mass is 433 g/mol. The Labute approximate surface area is 187 Å². The highest BCUT2D eigenvalue weighted by Gasteiger charge is 2.47. The second-order valence-corrected chi connectivity index (χ2v) is 8.85. The predicted octanol–water partition coefficient (Wildman–Crippen LogP) is 3.47. The zero-order valence-electron chi connectivity index (χ0n) is 18.3. The van der Waals surface area contributed by atoms with E-state index in [1.807, 2.05) is 24.3 Å². The van der Waals surface area contributed by atoms with Gasteiger partial charge in [0.25, 0.3) is 0 Å². The number of nitrogens with one attached hydrogen (secondary N) is 4. The van der Waals surface area contributed by atoms with Crippen LogP contribution in [-0.4, -0.2) is 37.3 Å². The number of piperidine rings is 1. The highest BCUT2D eigenvalue weighted by atomic mass is 19.1. The van der Waals surface area contributed by atoms with Crippen LogP contribution >= 0.6 is 0 Å². The molecule has 1 saturated heterocycles. The summed E-state index contributed by atoms with van der Waals surface area (Å²) in [6, 6.07) is 11.9. The lowest BCUT2D eigenvalue weighted by Gasteiger charge is -2.28. The largest absolute Gasteiger partial charge is 0.388 e. The van der Waals surface area contributed by atoms with Crippen LogP contribution in [0.3, 0.4) is 0 Å². The summed E-state index contributed by atoms with van der Waals surface area (Å²) in [7, 11) is 1.78. The Hall–Kier alpha value is -3.24. The number of carbonyl (C=O) groups is 1. The van der Waals surface area contributed by atoms with Gasteiger partial charge in [-0.15, -0.1) is 0 Å². The van der Waals surface area contributed by atoms with Crippen LogP contribution in [0.2, 0.25) is 0 Å². The van der Waals surface area contributed by atoms with E-state index in [2.05, 4.69) is 28.9 Å². The van der Waals surface area contributed by atoms with E-state index in [0.717, 1.165) is 29.7 Å². The average molecular weight is 434 g/mol. The minimum absolute atomic E-state index is 0.110. The van der Waals surface area contributed by atoms with Crippen molar-refractivity contribution in [2.24, 2.45) is 11.8 Å². The van der Waals surface area contributed by atoms with Gasteiger partial charge in [-0.2, -0.15) is 5.26 Å². The molecule has 4 rings (SSSR count). The molecular formula is C25H28FN5O. The Morgan fingerprint density at radius 3 is 2.69 bits per heavy atom. The number of carbonyl (C=O) groups excluding carboxylic acids is 1. The smallest absolute Gasteiger partial charge is 0.238 e. The Morgan fingerprint density at radius 1 is 1.31 bits per heavy atom. The van der Waals surface area contributed by atoms with Gasteiger partial charge in [-0.1, -0.05) is 31.2 Å². The molecule has 5 atom stereocenters. The van der Waals surface area contributed by atoms with Crippen molar-refractivity contribution in [3.63, 3.8) is 0 Å². The second-order valence-electron chi connectivity index (χ2n) is 8.85. The van der Waals surface area contributed by atoms with Gasteiger partial charge in [-0.25, -0.2) is 4.39 Å². The van der Waals surface area contributed by atoms with Crippen LogP contribution in [-0.2, 0) is 11.2 Å². The van der Waals surface area contributed by atoms with Crippen molar-refractivity contribution >= 4 is 17.8 Å². The molecule has 4 N–H and O–H groups in total. The van der Waals surface area contributed by atoms with Crippen molar-refractivity contribution in [3.05, 3.63) is 53.3 Å². The lowest BCUT2D eigenvalue weighted by Crippen LogP contribution is -2.52. The van der Waals surface area contributed by atoms with Crippen LogP contribution < -0.4 is 16.0 Å². The van der Waals surface area contributed by atoms with Crippen LogP contribution in [0.4, 0.5) is 10.1 Å². The Morgan fingerprint density at radius 2 is 2.06 bits per heavy atom. The third-order valence-corrected chi connectivity index (χ3v) is 6.83. The number of fused-ring (bicyclic) bond motifs is 2. The molecule has 0 aromatic heterocycles. The van der Waals surface area contributed by atoms with Gasteiger partial charge in [0.05, 0.1) is 12.1 Å². The van der Waals surface area contributed by atoms with E-state index >= 15 is 0 Å². The molecule has 1 saturated carbocycles. The number of anilines is 1. The van der Waals surface area contributed by atoms with Crippen LogP contribution in [0.15, 0.2) is 36.4 Å². The molecule has 1 aliphatic carbocycles. The maximum Gasteiger partial charge on any atom is 0.238 e. The first-order valence-corrected chi connectivity index (χ1v) is 11.0. The lowest BCUT2D eigenvalue weighted by molar-refractivity contribution is -0.124. The topological polar surface area (TPSA) is 101 Å². The molecule has 0 spiro atoms. The van der Waals surface area contributed by atoms with Crippen molar-refractivity contribution in [3.8, 4) is 17.2 Å². The molecule has 7 heteroatoms. The summed E-state index contributed by atoms with van der Waals surface area (Å²) < 4.78 is 14.9. The van der Waals surface area contributed by atoms with Gasteiger partial charge in [0.2, 0.25) is 5.91 Å². The first-order valence-electron chi connectivity index (χ1n) is 11.0. The number of halogens is 1. The number of nitriles is 1. The zero-order chi connectivity index (χ0) is 22.8. The van der Waals surface area contributed by atoms with Crippen molar-refractivity contribution in [2.75, 3.05) is 12.4 Å². The van der Waals surface area contributed by atoms with Crippen LogP contribution in [0, 0.1) is 34.4 Å². The maximum atomic E-state index is 14.9. The van der Waals surface area contributed by atoms with E-state index in [1.165, 1.54) is 12.3 Å². The summed E-state index contributed by atoms with van der Waals surface area (Å²) in [6.45, 7) is 2.17. The normalized spacial score (nSPS) is 24.6. The minimum atomic E-state index is -0.790. The fourth-order valence-electron chi connectivity index (χ4n) is 5.11. The van der Waals surface area contributed by atoms with Gasteiger partial charge in [0.1, 0.15) is 11.9 Å². The Balaban J connectivity index is 1.45. The molecule has 2 aromatic carbocycles. The van der Waals surface area contributed by atoms with Gasteiger partial charge >= 0.3 is 0 Å². The summed E-state index contributed by atoms with van der Waals surface area (Å²) >= 11 is 0. The van der Waals surface area contributed by atoms with E-state index in [-0.39, 0.29) is 18.4 Å². The molecule has 166 valence electrons. The highest BCUT2D eigenvalue weighted by Crippen LogP contribution is 2.40. The average Bonchev–Trinajstić information content (AvgIpc) is 3.39. The molecule has 32 heavy (non-hydrogen) atoms. The number of rotatable bonds is 7. The van der Waals surface area contributed by atoms with Crippen molar-refractivity contribution < 1.29 is 9.18 Å². The maximum absolute atomic E-state index is 14.9. The summed E-state index contributed by atoms with van der Waals surface area (Å²) in [5.74, 6) is 0.222. The van der Waals surface area contributed by atoms with Crippen LogP contribution in [0.1, 0.15) is 30.9 Å². The van der Waals surface area contributed by atoms with E-state index in [9.17, 15) is 14.4 Å². The molecule has 1 amide bonds. The summed E-state index contributed by atoms with van der Waals surface area (Å²) in [5.41, 5.74) is 3.46. The summed E-state index contributed by atoms with van der Waals surface area (Å²) in [5, 5.41) is 26.2. The number of amides is 1. The van der Waals surface area contributed by atoms with Gasteiger partial charge in [-0.3, -0.25) is 4.79 Å². The van der Waals surface area contributed by atoms with Gasteiger partial charge in [-0.05, 0) is 53.5 Å². The molecule has 2 aliphatic rings. The molecule has 0 radical (unpaired) electrons. The summed E-state index contributed by atoms with van der Waals surface area (Å²) in [6.07, 6.45) is 3.47. The third kappa shape index (κ3) is 4.23. The van der Waals surface area contributed by atoms with Crippen LogP contribution in [0.25, 0.3) is 11.1 Å². The Kier molecular flexibility index (Phi) is 6.24. The SMILES string of the molecule is CNc1cc(-c2ccc(C[C@@H](C#N)NC(=O)C3NC4CC(C)C3C4)c(F)c2)ccc1C=N. The number of benzene rings is 2. The molecule has 1 heterocycles. The van der Waals surface area contributed by atoms with Crippen LogP contribution in [0.5, 0.6) is 0 Å². The minimum Gasteiger partial charge on any atom is -0.388 e. The van der Waals surface area contributed by atoms with Gasteiger partial charge < -0.3 is 21.4 Å². The van der Waals surface area contributed by atoms with Gasteiger partial charge in [0.15, 0.2) is 0 Å². The lowest BCUT2D eigenvalue weighted by atomic mass is 9.89. The molecule has 2 aromatic rings. The fourth-order valence-corrected chi connectivity index (χ4v) is 5.11. The van der Waals surface area contributed by atoms with Crippen molar-refractivity contribution in [1.82, 2.24) is 10.6 Å². The highest BCUT2D eigenvalue weighted by molar-refractivity contribution is 5.88. The zero-order valence-corrected chi connectivity index (χ0v) is 18.3. The number of hydrogen-bond donors (Lipinski definition) is 4. The predicted molar refractivity (Wildman–Crippen MR) is 123 cm³/mol. The van der Waals surface area contributed by atoms with Crippen molar-refractivity contribution in [2.45, 2.75) is 44.3 Å². The molecule has 2 bridgehead atoms. The van der Waals surface area contributed by atoms with Crippen molar-refractivity contribution in [1.29, 1.82) is 10.7 Å². The first-order chi connectivity index (χ1) is 15.4. The van der Waals surface area contributed by atoms with E-state index in [4.69, 9.17) is 5.41 Å². The number of hydrogen-bond acceptors (Lipinski definition) is 5. The number of nitrogens with zero attached hydrogens (tertiary/aromatic N) is 1. The Bertz CT molecular complexity index is 1080. The fraction of sp³-hybridized carbons (Fsp3) is 0.400. The quantitative estimate of drug-likeness (QED) is 0.502. The van der Waals surface area contributed by atoms with E-state index in [1.54, 1.807) is 13.1 Å². The standard InChI is InChI=1S/C25H28FN5O/c1-14-7-19-11-21(14)24(30-19)25(32)31-20(13-28)8-17-5-3-15(9-22(17)26)16-4-6-18(12-27)23(10-16)29-2/h3-6,9-10,12,14,19-21,24,27,29-30H,7-8,11H2,1-2H3,(H,31,32)/t14?,19?,20-,21?,24?/m0/s1. The van der Waals surface area contributed by atoms with E-state index in [0.29, 0.717) is 29.0 Å².